The van der Waals surface area contributed by atoms with Crippen LogP contribution in [0.2, 0.25) is 0 Å². The smallest absolute Gasteiger partial charge is 0.229 e. The lowest BCUT2D eigenvalue weighted by Gasteiger charge is -2.25. The van der Waals surface area contributed by atoms with Crippen LogP contribution in [0.4, 0.5) is 5.69 Å². The monoisotopic (exact) mass is 392 g/mol. The summed E-state index contributed by atoms with van der Waals surface area (Å²) in [5, 5.41) is 3.19. The van der Waals surface area contributed by atoms with E-state index in [-0.39, 0.29) is 30.2 Å². The summed E-state index contributed by atoms with van der Waals surface area (Å²) in [6, 6.07) is 16.2. The number of benzene rings is 2. The summed E-state index contributed by atoms with van der Waals surface area (Å²) >= 11 is 0. The number of hydrogen-bond acceptors (Lipinski definition) is 2. The fraction of sp³-hybridized carbons (Fsp3) is 0.440. The Kier molecular flexibility index (Phi) is 6.41. The van der Waals surface area contributed by atoms with Crippen molar-refractivity contribution < 1.29 is 9.59 Å². The Morgan fingerprint density at radius 3 is 2.07 bits per heavy atom. The molecular weight excluding hydrogens is 360 g/mol. The number of nitrogens with one attached hydrogen (secondary N) is 1. The summed E-state index contributed by atoms with van der Waals surface area (Å²) in [6.45, 7) is 11.0. The number of nitrogens with zero attached hydrogens (tertiary/aromatic N) is 1. The van der Waals surface area contributed by atoms with Crippen molar-refractivity contribution in [2.24, 2.45) is 5.92 Å². The van der Waals surface area contributed by atoms with Crippen LogP contribution in [-0.2, 0) is 9.59 Å². The lowest BCUT2D eigenvalue weighted by atomic mass is 9.92. The zero-order valence-electron chi connectivity index (χ0n) is 18.1. The average Bonchev–Trinajstić information content (AvgIpc) is 3.09. The number of likely N-dealkylation sites (tertiary alicyclic amines) is 1. The molecule has 3 rings (SSSR count). The molecule has 154 valence electrons. The van der Waals surface area contributed by atoms with Crippen molar-refractivity contribution in [3.8, 4) is 0 Å². The van der Waals surface area contributed by atoms with Crippen molar-refractivity contribution in [2.45, 2.75) is 58.9 Å². The molecule has 0 spiro atoms. The predicted molar refractivity (Wildman–Crippen MR) is 118 cm³/mol. The van der Waals surface area contributed by atoms with Gasteiger partial charge in [0.05, 0.1) is 12.0 Å². The molecule has 0 saturated carbocycles. The summed E-state index contributed by atoms with van der Waals surface area (Å²) in [5.41, 5.74) is 4.30. The minimum absolute atomic E-state index is 0.0318. The summed E-state index contributed by atoms with van der Waals surface area (Å²) in [7, 11) is 0. The van der Waals surface area contributed by atoms with E-state index in [0.29, 0.717) is 18.4 Å². The molecule has 0 unspecified atom stereocenters. The third-order valence-corrected chi connectivity index (χ3v) is 5.90. The van der Waals surface area contributed by atoms with E-state index < -0.39 is 0 Å². The van der Waals surface area contributed by atoms with E-state index in [1.807, 2.05) is 42.2 Å². The zero-order valence-corrected chi connectivity index (χ0v) is 18.1. The molecular formula is C25H32N2O2. The van der Waals surface area contributed by atoms with Gasteiger partial charge in [0.25, 0.3) is 0 Å². The maximum absolute atomic E-state index is 13.1. The molecule has 2 amide bonds. The normalized spacial score (nSPS) is 17.8. The third-order valence-electron chi connectivity index (χ3n) is 5.90. The molecule has 1 heterocycles. The van der Waals surface area contributed by atoms with Crippen LogP contribution in [0.5, 0.6) is 0 Å². The maximum atomic E-state index is 13.1. The fourth-order valence-electron chi connectivity index (χ4n) is 4.11. The van der Waals surface area contributed by atoms with Crippen LogP contribution in [-0.4, -0.2) is 23.3 Å². The van der Waals surface area contributed by atoms with Crippen LogP contribution in [0.15, 0.2) is 48.5 Å². The Balaban J connectivity index is 1.78. The SMILES string of the molecule is CC(C)c1cccc(C(C)C)c1NC(=O)[C@@H]1CC(=O)N([C@H](C)c2ccccc2)C1. The predicted octanol–water partition coefficient (Wildman–Crippen LogP) is 5.48. The van der Waals surface area contributed by atoms with Gasteiger partial charge in [-0.3, -0.25) is 9.59 Å². The lowest BCUT2D eigenvalue weighted by molar-refractivity contribution is -0.129. The number of para-hydroxylation sites is 1. The second-order valence-electron chi connectivity index (χ2n) is 8.64. The molecule has 2 aromatic rings. The fourth-order valence-corrected chi connectivity index (χ4v) is 4.11. The molecule has 1 saturated heterocycles. The highest BCUT2D eigenvalue weighted by atomic mass is 16.2. The first-order valence-electron chi connectivity index (χ1n) is 10.6. The van der Waals surface area contributed by atoms with Gasteiger partial charge in [0, 0.05) is 18.7 Å². The van der Waals surface area contributed by atoms with E-state index in [2.05, 4.69) is 51.2 Å². The molecule has 1 aliphatic heterocycles. The molecule has 29 heavy (non-hydrogen) atoms. The highest BCUT2D eigenvalue weighted by molar-refractivity contribution is 5.98. The number of rotatable bonds is 6. The highest BCUT2D eigenvalue weighted by Gasteiger charge is 2.37. The van der Waals surface area contributed by atoms with Crippen molar-refractivity contribution in [1.29, 1.82) is 0 Å². The van der Waals surface area contributed by atoms with Crippen LogP contribution in [0, 0.1) is 5.92 Å². The van der Waals surface area contributed by atoms with Gasteiger partial charge in [-0.15, -0.1) is 0 Å². The van der Waals surface area contributed by atoms with Gasteiger partial charge < -0.3 is 10.2 Å². The van der Waals surface area contributed by atoms with Crippen molar-refractivity contribution >= 4 is 17.5 Å². The topological polar surface area (TPSA) is 49.4 Å². The Hall–Kier alpha value is -2.62. The van der Waals surface area contributed by atoms with Gasteiger partial charge in [-0.2, -0.15) is 0 Å². The second kappa shape index (κ2) is 8.81. The van der Waals surface area contributed by atoms with Gasteiger partial charge in [-0.1, -0.05) is 76.2 Å². The first-order valence-corrected chi connectivity index (χ1v) is 10.6. The largest absolute Gasteiger partial charge is 0.335 e. The van der Waals surface area contributed by atoms with E-state index in [1.165, 1.54) is 0 Å². The molecule has 2 aromatic carbocycles. The molecule has 2 atom stereocenters. The molecule has 1 aliphatic rings. The molecule has 4 nitrogen and oxygen atoms in total. The third kappa shape index (κ3) is 4.52. The molecule has 0 aromatic heterocycles. The van der Waals surface area contributed by atoms with Crippen LogP contribution in [0.1, 0.15) is 75.6 Å². The molecule has 1 fully saturated rings. The first-order chi connectivity index (χ1) is 13.8. The summed E-state index contributed by atoms with van der Waals surface area (Å²) in [6.07, 6.45) is 0.268. The Labute approximate surface area is 174 Å². The van der Waals surface area contributed by atoms with Gasteiger partial charge in [-0.05, 0) is 35.4 Å². The van der Waals surface area contributed by atoms with Gasteiger partial charge in [0.2, 0.25) is 11.8 Å². The second-order valence-corrected chi connectivity index (χ2v) is 8.64. The van der Waals surface area contributed by atoms with Crippen LogP contribution < -0.4 is 5.32 Å². The number of amides is 2. The number of carbonyl (C=O) groups excluding carboxylic acids is 2. The molecule has 4 heteroatoms. The first kappa shape index (κ1) is 21.1. The standard InChI is InChI=1S/C25H32N2O2/c1-16(2)21-12-9-13-22(17(3)4)24(21)26-25(29)20-14-23(28)27(15-20)18(5)19-10-7-6-8-11-19/h6-13,16-18,20H,14-15H2,1-5H3,(H,26,29)/t18-,20-/m1/s1. The quantitative estimate of drug-likeness (QED) is 0.707. The lowest BCUT2D eigenvalue weighted by Crippen LogP contribution is -2.31. The van der Waals surface area contributed by atoms with Crippen molar-refractivity contribution in [1.82, 2.24) is 4.90 Å². The highest BCUT2D eigenvalue weighted by Crippen LogP contribution is 2.34. The number of carbonyl (C=O) groups is 2. The zero-order chi connectivity index (χ0) is 21.1. The minimum atomic E-state index is -0.325. The van der Waals surface area contributed by atoms with Gasteiger partial charge in [0.15, 0.2) is 0 Å². The summed E-state index contributed by atoms with van der Waals surface area (Å²) in [5.74, 6) is 0.278. The van der Waals surface area contributed by atoms with Crippen molar-refractivity contribution in [2.75, 3.05) is 11.9 Å². The van der Waals surface area contributed by atoms with E-state index in [9.17, 15) is 9.59 Å². The Morgan fingerprint density at radius 2 is 1.52 bits per heavy atom. The van der Waals surface area contributed by atoms with E-state index in [1.54, 1.807) is 0 Å². The van der Waals surface area contributed by atoms with Crippen LogP contribution in [0.25, 0.3) is 0 Å². The van der Waals surface area contributed by atoms with Gasteiger partial charge >= 0.3 is 0 Å². The van der Waals surface area contributed by atoms with E-state index >= 15 is 0 Å². The van der Waals surface area contributed by atoms with Gasteiger partial charge in [0.1, 0.15) is 0 Å². The average molecular weight is 393 g/mol. The number of hydrogen-bond donors (Lipinski definition) is 1. The van der Waals surface area contributed by atoms with E-state index in [0.717, 1.165) is 22.4 Å². The molecule has 0 aliphatic carbocycles. The van der Waals surface area contributed by atoms with Crippen molar-refractivity contribution in [3.63, 3.8) is 0 Å². The summed E-state index contributed by atoms with van der Waals surface area (Å²) in [4.78, 5) is 27.6. The molecule has 0 bridgehead atoms. The molecule has 1 N–H and O–H groups in total. The van der Waals surface area contributed by atoms with Crippen molar-refractivity contribution in [3.05, 3.63) is 65.2 Å². The number of anilines is 1. The minimum Gasteiger partial charge on any atom is -0.335 e. The molecule has 0 radical (unpaired) electrons. The van der Waals surface area contributed by atoms with Crippen LogP contribution in [0.3, 0.4) is 0 Å². The summed E-state index contributed by atoms with van der Waals surface area (Å²) < 4.78 is 0. The van der Waals surface area contributed by atoms with E-state index in [4.69, 9.17) is 0 Å². The Morgan fingerprint density at radius 1 is 0.931 bits per heavy atom. The Bertz CT molecular complexity index is 847. The maximum Gasteiger partial charge on any atom is 0.229 e. The van der Waals surface area contributed by atoms with Gasteiger partial charge in [-0.25, -0.2) is 0 Å². The van der Waals surface area contributed by atoms with Crippen LogP contribution >= 0.6 is 0 Å².